The van der Waals surface area contributed by atoms with Gasteiger partial charge in [0.1, 0.15) is 0 Å². The lowest BCUT2D eigenvalue weighted by molar-refractivity contribution is -0.162. The van der Waals surface area contributed by atoms with Crippen molar-refractivity contribution in [3.63, 3.8) is 0 Å². The molecule has 1 aromatic rings. The summed E-state index contributed by atoms with van der Waals surface area (Å²) in [5.74, 6) is 0. The van der Waals surface area contributed by atoms with Crippen molar-refractivity contribution in [3.8, 4) is 0 Å². The van der Waals surface area contributed by atoms with Crippen LogP contribution in [0.25, 0.3) is 0 Å². The molecule has 19 heavy (non-hydrogen) atoms. The van der Waals surface area contributed by atoms with E-state index in [0.717, 1.165) is 25.3 Å². The molecule has 108 valence electrons. The molecule has 7 heteroatoms. The summed E-state index contributed by atoms with van der Waals surface area (Å²) in [5, 5.41) is 0. The molecule has 2 rings (SSSR count). The quantitative estimate of drug-likeness (QED) is 0.637. The van der Waals surface area contributed by atoms with Gasteiger partial charge in [-0.3, -0.25) is 0 Å². The summed E-state index contributed by atoms with van der Waals surface area (Å²) in [7, 11) is 0. The molecule has 0 N–H and O–H groups in total. The van der Waals surface area contributed by atoms with Crippen LogP contribution in [0.15, 0.2) is 24.3 Å². The van der Waals surface area contributed by atoms with Crippen LogP contribution >= 0.6 is 0 Å². The molecule has 0 radical (unpaired) electrons. The minimum absolute atomic E-state index is 0.406. The fourth-order valence-corrected chi connectivity index (χ4v) is 1.49. The maximum atomic E-state index is 12.1. The maximum Gasteiger partial charge on any atom is 0.417 e. The first-order valence-corrected chi connectivity index (χ1v) is 5.54. The van der Waals surface area contributed by atoms with Crippen LogP contribution in [0.2, 0.25) is 0 Å². The zero-order chi connectivity index (χ0) is 14.5. The third-order valence-corrected chi connectivity index (χ3v) is 2.37. The smallest absolute Gasteiger partial charge is 0.381 e. The van der Waals surface area contributed by atoms with E-state index in [4.69, 9.17) is 4.74 Å². The second kappa shape index (κ2) is 6.27. The van der Waals surface area contributed by atoms with Crippen molar-refractivity contribution in [2.24, 2.45) is 0 Å². The van der Waals surface area contributed by atoms with Crippen LogP contribution in [0, 0.1) is 0 Å². The normalized spacial score (nSPS) is 15.9. The lowest BCUT2D eigenvalue weighted by Gasteiger charge is -2.14. The molecule has 1 heterocycles. The highest BCUT2D eigenvalue weighted by Crippen LogP contribution is 2.39. The van der Waals surface area contributed by atoms with Gasteiger partial charge in [-0.05, 0) is 25.0 Å². The van der Waals surface area contributed by atoms with Crippen LogP contribution in [0.1, 0.15) is 24.0 Å². The van der Waals surface area contributed by atoms with E-state index in [1.54, 1.807) is 0 Å². The molecule has 1 aromatic carbocycles. The molecule has 0 amide bonds. The molecule has 1 aliphatic rings. The first kappa shape index (κ1) is 15.8. The predicted molar refractivity (Wildman–Crippen MR) is 56.5 cm³/mol. The van der Waals surface area contributed by atoms with E-state index >= 15 is 0 Å². The number of hydrogen-bond donors (Lipinski definition) is 0. The van der Waals surface area contributed by atoms with Crippen molar-refractivity contribution in [3.05, 3.63) is 35.4 Å². The van der Waals surface area contributed by atoms with Gasteiger partial charge < -0.3 is 4.74 Å². The third-order valence-electron chi connectivity index (χ3n) is 2.37. The predicted octanol–water partition coefficient (Wildman–Crippen LogP) is 4.52. The number of halogens is 6. The summed E-state index contributed by atoms with van der Waals surface area (Å²) in [4.78, 5) is 0. The molecular weight excluding hydrogens is 274 g/mol. The highest BCUT2D eigenvalue weighted by Gasteiger charge is 2.42. The van der Waals surface area contributed by atoms with Gasteiger partial charge in [-0.2, -0.15) is 26.3 Å². The van der Waals surface area contributed by atoms with E-state index < -0.39 is 23.5 Å². The summed E-state index contributed by atoms with van der Waals surface area (Å²) < 4.78 is 77.4. The summed E-state index contributed by atoms with van der Waals surface area (Å²) in [6.45, 7) is 2.00. The topological polar surface area (TPSA) is 9.23 Å². The average Bonchev–Trinajstić information content (AvgIpc) is 2.85. The van der Waals surface area contributed by atoms with Crippen molar-refractivity contribution in [1.29, 1.82) is 0 Å². The second-order valence-corrected chi connectivity index (χ2v) is 3.86. The molecule has 1 saturated heterocycles. The Morgan fingerprint density at radius 2 is 1.11 bits per heavy atom. The van der Waals surface area contributed by atoms with Crippen LogP contribution in [-0.4, -0.2) is 13.2 Å². The van der Waals surface area contributed by atoms with Crippen molar-refractivity contribution in [1.82, 2.24) is 0 Å². The molecule has 1 aliphatic heterocycles. The number of hydrogen-bond acceptors (Lipinski definition) is 1. The lowest BCUT2D eigenvalue weighted by atomic mass is 10.1. The summed E-state index contributed by atoms with van der Waals surface area (Å²) in [5.41, 5.74) is -3.32. The molecule has 0 atom stereocenters. The summed E-state index contributed by atoms with van der Waals surface area (Å²) in [6.07, 6.45) is -7.40. The van der Waals surface area contributed by atoms with Gasteiger partial charge in [0.05, 0.1) is 11.1 Å². The van der Waals surface area contributed by atoms with Gasteiger partial charge in [0.25, 0.3) is 0 Å². The van der Waals surface area contributed by atoms with Gasteiger partial charge in [0, 0.05) is 13.2 Å². The Bertz CT molecular complexity index is 351. The van der Waals surface area contributed by atoms with E-state index in [9.17, 15) is 26.3 Å². The first-order chi connectivity index (χ1) is 8.73. The molecule has 0 aliphatic carbocycles. The Labute approximate surface area is 106 Å². The maximum absolute atomic E-state index is 12.1. The fraction of sp³-hybridized carbons (Fsp3) is 0.500. The Kier molecular flexibility index (Phi) is 5.22. The molecule has 0 bridgehead atoms. The lowest BCUT2D eigenvalue weighted by Crippen LogP contribution is -2.15. The Balaban J connectivity index is 0.000000300. The van der Waals surface area contributed by atoms with Crippen LogP contribution in [0.4, 0.5) is 26.3 Å². The largest absolute Gasteiger partial charge is 0.417 e. The molecule has 1 fully saturated rings. The summed E-state index contributed by atoms with van der Waals surface area (Å²) in [6, 6.07) is 2.64. The van der Waals surface area contributed by atoms with Crippen molar-refractivity contribution >= 4 is 0 Å². The summed E-state index contributed by atoms with van der Waals surface area (Å²) >= 11 is 0. The third kappa shape index (κ3) is 5.10. The van der Waals surface area contributed by atoms with Gasteiger partial charge >= 0.3 is 12.4 Å². The van der Waals surface area contributed by atoms with Gasteiger partial charge in [0.15, 0.2) is 0 Å². The number of benzene rings is 1. The Morgan fingerprint density at radius 1 is 0.737 bits per heavy atom. The minimum Gasteiger partial charge on any atom is -0.381 e. The van der Waals surface area contributed by atoms with Crippen LogP contribution < -0.4 is 0 Å². The van der Waals surface area contributed by atoms with Crippen molar-refractivity contribution < 1.29 is 31.1 Å². The molecule has 0 aromatic heterocycles. The molecule has 0 unspecified atom stereocenters. The molecule has 0 saturated carbocycles. The highest BCUT2D eigenvalue weighted by molar-refractivity contribution is 5.31. The van der Waals surface area contributed by atoms with E-state index in [1.807, 2.05) is 0 Å². The Morgan fingerprint density at radius 3 is 1.32 bits per heavy atom. The van der Waals surface area contributed by atoms with Crippen molar-refractivity contribution in [2.75, 3.05) is 13.2 Å². The number of rotatable bonds is 0. The van der Waals surface area contributed by atoms with Crippen LogP contribution in [0.5, 0.6) is 0 Å². The molecule has 1 nitrogen and oxygen atoms in total. The first-order valence-electron chi connectivity index (χ1n) is 5.54. The zero-order valence-corrected chi connectivity index (χ0v) is 9.81. The number of ether oxygens (including phenoxy) is 1. The highest BCUT2D eigenvalue weighted by atomic mass is 19.4. The molecular formula is C12H12F6O. The SMILES string of the molecule is C1CCOC1.FC(F)(F)c1ccccc1C(F)(F)F. The average molecular weight is 286 g/mol. The van der Waals surface area contributed by atoms with Crippen LogP contribution in [-0.2, 0) is 17.1 Å². The van der Waals surface area contributed by atoms with E-state index in [-0.39, 0.29) is 0 Å². The number of alkyl halides is 6. The van der Waals surface area contributed by atoms with Gasteiger partial charge in [-0.15, -0.1) is 0 Å². The van der Waals surface area contributed by atoms with Gasteiger partial charge in [-0.1, -0.05) is 12.1 Å². The van der Waals surface area contributed by atoms with E-state index in [2.05, 4.69) is 0 Å². The van der Waals surface area contributed by atoms with Crippen molar-refractivity contribution in [2.45, 2.75) is 25.2 Å². The second-order valence-electron chi connectivity index (χ2n) is 3.86. The van der Waals surface area contributed by atoms with Crippen LogP contribution in [0.3, 0.4) is 0 Å². The van der Waals surface area contributed by atoms with E-state index in [0.29, 0.717) is 12.1 Å². The molecule has 0 spiro atoms. The zero-order valence-electron chi connectivity index (χ0n) is 9.81. The monoisotopic (exact) mass is 286 g/mol. The Hall–Kier alpha value is -1.24. The van der Waals surface area contributed by atoms with Gasteiger partial charge in [0.2, 0.25) is 0 Å². The van der Waals surface area contributed by atoms with E-state index in [1.165, 1.54) is 12.8 Å². The fourth-order valence-electron chi connectivity index (χ4n) is 1.49. The minimum atomic E-state index is -4.98. The van der Waals surface area contributed by atoms with Gasteiger partial charge in [-0.25, -0.2) is 0 Å². The standard InChI is InChI=1S/C8H4F6.C4H8O/c9-7(10,11)5-3-1-2-4-6(5)8(12,13)14;1-2-4-5-3-1/h1-4H;1-4H2.